The van der Waals surface area contributed by atoms with Crippen molar-refractivity contribution in [2.75, 3.05) is 32.9 Å². The van der Waals surface area contributed by atoms with Gasteiger partial charge in [0.05, 0.1) is 6.61 Å². The number of rotatable bonds is 14. The second-order valence-corrected chi connectivity index (χ2v) is 4.91. The van der Waals surface area contributed by atoms with Gasteiger partial charge in [-0.2, -0.15) is 0 Å². The van der Waals surface area contributed by atoms with Crippen molar-refractivity contribution in [1.29, 1.82) is 0 Å². The quantitative estimate of drug-likeness (QED) is 0.379. The van der Waals surface area contributed by atoms with Crippen molar-refractivity contribution in [3.63, 3.8) is 0 Å². The normalized spacial score (nSPS) is 10.2. The van der Waals surface area contributed by atoms with Gasteiger partial charge >= 0.3 is 0 Å². The Hall–Kier alpha value is -0.160. The summed E-state index contributed by atoms with van der Waals surface area (Å²) in [4.78, 5) is 5.13. The van der Waals surface area contributed by atoms with Gasteiger partial charge < -0.3 is 15.3 Å². The molecule has 4 heteroatoms. The molecule has 0 aromatic rings. The van der Waals surface area contributed by atoms with Crippen LogP contribution in [0.25, 0.3) is 0 Å². The van der Waals surface area contributed by atoms with Gasteiger partial charge in [-0.15, -0.1) is 0 Å². The summed E-state index contributed by atoms with van der Waals surface area (Å²) in [5.74, 6) is 0. The van der Waals surface area contributed by atoms with E-state index in [1.165, 1.54) is 32.1 Å². The van der Waals surface area contributed by atoms with Gasteiger partial charge in [-0.25, -0.2) is 5.48 Å². The highest BCUT2D eigenvalue weighted by molar-refractivity contribution is 4.39. The Kier molecular flexibility index (Phi) is 26.4. The summed E-state index contributed by atoms with van der Waals surface area (Å²) in [6.45, 7) is 10.9. The minimum atomic E-state index is 0.789. The fraction of sp³-hybridized carbons (Fsp3) is 1.00. The highest BCUT2D eigenvalue weighted by atomic mass is 16.6. The molecule has 0 radical (unpaired) electrons. The van der Waals surface area contributed by atoms with E-state index < -0.39 is 0 Å². The Morgan fingerprint density at radius 3 is 1.95 bits per heavy atom. The van der Waals surface area contributed by atoms with Gasteiger partial charge in [0.1, 0.15) is 0 Å². The molecule has 0 aliphatic heterocycles. The zero-order valence-electron chi connectivity index (χ0n) is 14.1. The molecule has 0 aliphatic carbocycles. The molecule has 4 nitrogen and oxygen atoms in total. The van der Waals surface area contributed by atoms with E-state index >= 15 is 0 Å². The summed E-state index contributed by atoms with van der Waals surface area (Å²) in [5, 5.41) is 0. The van der Waals surface area contributed by atoms with Gasteiger partial charge in [0.2, 0.25) is 0 Å². The van der Waals surface area contributed by atoms with Crippen molar-refractivity contribution in [3.8, 4) is 0 Å². The highest BCUT2D eigenvalue weighted by Gasteiger charge is 1.87. The molecule has 0 heterocycles. The maximum absolute atomic E-state index is 5.32. The molecule has 0 rings (SSSR count). The van der Waals surface area contributed by atoms with E-state index in [9.17, 15) is 0 Å². The van der Waals surface area contributed by atoms with Crippen LogP contribution in [0.2, 0.25) is 0 Å². The van der Waals surface area contributed by atoms with Crippen LogP contribution in [0.1, 0.15) is 72.1 Å². The Balaban J connectivity index is 0. The third kappa shape index (κ3) is 26.4. The van der Waals surface area contributed by atoms with Crippen LogP contribution in [-0.4, -0.2) is 32.9 Å². The summed E-state index contributed by atoms with van der Waals surface area (Å²) in [6, 6.07) is 0. The molecule has 0 spiro atoms. The van der Waals surface area contributed by atoms with Gasteiger partial charge in [0, 0.05) is 19.8 Å². The molecule has 0 aromatic heterocycles. The molecule has 3 N–H and O–H groups in total. The smallest absolute Gasteiger partial charge is 0.0682 e. The van der Waals surface area contributed by atoms with E-state index in [4.69, 9.17) is 15.3 Å². The molecule has 0 aromatic carbocycles. The molecule has 0 atom stereocenters. The number of nitrogens with two attached hydrogens (primary N) is 1. The first-order chi connectivity index (χ1) is 9.83. The standard InChI is InChI=1S/2C8H19NO/c1-3-5-7-9-10-8-6-4-2;1-2-3-7-10-8-5-4-6-9/h9H,3-8H2,1-2H3;2-9H2,1H3. The molecule has 0 saturated heterocycles. The Morgan fingerprint density at radius 2 is 1.35 bits per heavy atom. The first kappa shape index (κ1) is 22.1. The predicted molar refractivity (Wildman–Crippen MR) is 87.8 cm³/mol. The molecule has 20 heavy (non-hydrogen) atoms. The number of ether oxygens (including phenoxy) is 1. The molecule has 124 valence electrons. The van der Waals surface area contributed by atoms with Crippen LogP contribution in [0.15, 0.2) is 0 Å². The van der Waals surface area contributed by atoms with Crippen molar-refractivity contribution in [3.05, 3.63) is 0 Å². The van der Waals surface area contributed by atoms with Crippen molar-refractivity contribution in [2.24, 2.45) is 5.73 Å². The lowest BCUT2D eigenvalue weighted by atomic mass is 10.3. The summed E-state index contributed by atoms with van der Waals surface area (Å²) in [6.07, 6.45) is 9.39. The zero-order chi connectivity index (χ0) is 15.3. The van der Waals surface area contributed by atoms with Crippen LogP contribution >= 0.6 is 0 Å². The lowest BCUT2D eigenvalue weighted by molar-refractivity contribution is 0.0387. The van der Waals surface area contributed by atoms with Gasteiger partial charge in [0.15, 0.2) is 0 Å². The molecule has 0 amide bonds. The number of nitrogens with one attached hydrogen (secondary N) is 1. The van der Waals surface area contributed by atoms with Crippen LogP contribution in [0.5, 0.6) is 0 Å². The summed E-state index contributed by atoms with van der Waals surface area (Å²) >= 11 is 0. The van der Waals surface area contributed by atoms with Crippen molar-refractivity contribution >= 4 is 0 Å². The van der Waals surface area contributed by atoms with Crippen LogP contribution in [-0.2, 0) is 9.57 Å². The van der Waals surface area contributed by atoms with Gasteiger partial charge in [-0.05, 0) is 38.6 Å². The maximum Gasteiger partial charge on any atom is 0.0682 e. The average Bonchev–Trinajstić information content (AvgIpc) is 2.47. The Morgan fingerprint density at radius 1 is 0.750 bits per heavy atom. The van der Waals surface area contributed by atoms with Crippen LogP contribution in [0.3, 0.4) is 0 Å². The van der Waals surface area contributed by atoms with Crippen molar-refractivity contribution < 1.29 is 9.57 Å². The monoisotopic (exact) mass is 290 g/mol. The third-order valence-corrected chi connectivity index (χ3v) is 2.72. The number of hydrogen-bond acceptors (Lipinski definition) is 4. The predicted octanol–water partition coefficient (Wildman–Crippen LogP) is 3.65. The minimum Gasteiger partial charge on any atom is -0.381 e. The Labute approximate surface area is 126 Å². The van der Waals surface area contributed by atoms with E-state index in [1.54, 1.807) is 0 Å². The second kappa shape index (κ2) is 23.9. The van der Waals surface area contributed by atoms with Crippen LogP contribution in [0, 0.1) is 0 Å². The summed E-state index contributed by atoms with van der Waals surface area (Å²) in [5.41, 5.74) is 8.23. The summed E-state index contributed by atoms with van der Waals surface area (Å²) < 4.78 is 5.32. The van der Waals surface area contributed by atoms with Crippen LogP contribution < -0.4 is 11.2 Å². The molecule has 0 fully saturated rings. The fourth-order valence-electron chi connectivity index (χ4n) is 1.31. The lowest BCUT2D eigenvalue weighted by Crippen LogP contribution is -2.16. The lowest BCUT2D eigenvalue weighted by Gasteiger charge is -2.02. The fourth-order valence-corrected chi connectivity index (χ4v) is 1.31. The SMILES string of the molecule is CCCCNOCCCC.CCCCOCCCCN. The molecule has 0 aliphatic rings. The molecule has 0 unspecified atom stereocenters. The largest absolute Gasteiger partial charge is 0.381 e. The summed E-state index contributed by atoms with van der Waals surface area (Å²) in [7, 11) is 0. The van der Waals surface area contributed by atoms with E-state index in [2.05, 4.69) is 26.3 Å². The number of hydroxylamine groups is 1. The maximum atomic E-state index is 5.32. The molecular weight excluding hydrogens is 252 g/mol. The van der Waals surface area contributed by atoms with E-state index in [0.717, 1.165) is 52.2 Å². The van der Waals surface area contributed by atoms with E-state index in [1.807, 2.05) is 0 Å². The molecular formula is C16H38N2O2. The average molecular weight is 290 g/mol. The zero-order valence-corrected chi connectivity index (χ0v) is 14.1. The Bertz CT molecular complexity index is 114. The van der Waals surface area contributed by atoms with E-state index in [0.29, 0.717) is 0 Å². The second-order valence-electron chi connectivity index (χ2n) is 4.91. The topological polar surface area (TPSA) is 56.5 Å². The molecule has 0 bridgehead atoms. The third-order valence-electron chi connectivity index (χ3n) is 2.72. The minimum absolute atomic E-state index is 0.789. The van der Waals surface area contributed by atoms with E-state index in [-0.39, 0.29) is 0 Å². The van der Waals surface area contributed by atoms with Crippen molar-refractivity contribution in [2.45, 2.75) is 72.1 Å². The van der Waals surface area contributed by atoms with Gasteiger partial charge in [-0.3, -0.25) is 0 Å². The first-order valence-electron chi connectivity index (χ1n) is 8.45. The van der Waals surface area contributed by atoms with Gasteiger partial charge in [-0.1, -0.05) is 40.0 Å². The highest BCUT2D eigenvalue weighted by Crippen LogP contribution is 1.91. The number of hydrogen-bond donors (Lipinski definition) is 2. The van der Waals surface area contributed by atoms with Crippen molar-refractivity contribution in [1.82, 2.24) is 5.48 Å². The van der Waals surface area contributed by atoms with Gasteiger partial charge in [0.25, 0.3) is 0 Å². The van der Waals surface area contributed by atoms with Crippen LogP contribution in [0.4, 0.5) is 0 Å². The molecule has 0 saturated carbocycles. The number of unbranched alkanes of at least 4 members (excludes halogenated alkanes) is 4. The first-order valence-corrected chi connectivity index (χ1v) is 8.45.